The van der Waals surface area contributed by atoms with Gasteiger partial charge in [-0.05, 0) is 31.2 Å². The van der Waals surface area contributed by atoms with Crippen LogP contribution in [0.25, 0.3) is 0 Å². The zero-order chi connectivity index (χ0) is 15.1. The average Bonchev–Trinajstić information content (AvgIpc) is 2.52. The number of pyridine rings is 1. The summed E-state index contributed by atoms with van der Waals surface area (Å²) in [6.07, 6.45) is 4.34. The van der Waals surface area contributed by atoms with Crippen LogP contribution < -0.4 is 10.6 Å². The summed E-state index contributed by atoms with van der Waals surface area (Å²) in [5, 5.41) is 5.66. The molecule has 116 valence electrons. The Morgan fingerprint density at radius 3 is 3.14 bits per heavy atom. The second-order valence-corrected chi connectivity index (χ2v) is 5.24. The van der Waals surface area contributed by atoms with Gasteiger partial charge in [-0.25, -0.2) is 9.37 Å². The van der Waals surface area contributed by atoms with Gasteiger partial charge in [0.15, 0.2) is 11.6 Å². The van der Waals surface area contributed by atoms with Crippen molar-refractivity contribution in [2.45, 2.75) is 26.2 Å². The number of amides is 1. The lowest BCUT2D eigenvalue weighted by atomic mass is 10.0. The van der Waals surface area contributed by atoms with Crippen molar-refractivity contribution in [2.75, 3.05) is 31.6 Å². The highest BCUT2D eigenvalue weighted by Crippen LogP contribution is 2.16. The molecule has 1 aromatic rings. The van der Waals surface area contributed by atoms with Crippen LogP contribution >= 0.6 is 0 Å². The number of hydrogen-bond acceptors (Lipinski definition) is 4. The van der Waals surface area contributed by atoms with Crippen LogP contribution in [0.1, 0.15) is 36.5 Å². The van der Waals surface area contributed by atoms with Gasteiger partial charge >= 0.3 is 0 Å². The summed E-state index contributed by atoms with van der Waals surface area (Å²) in [7, 11) is 0. The maximum absolute atomic E-state index is 14.2. The van der Waals surface area contributed by atoms with Crippen molar-refractivity contribution in [2.24, 2.45) is 5.92 Å². The molecule has 1 fully saturated rings. The Hall–Kier alpha value is -1.69. The van der Waals surface area contributed by atoms with E-state index in [1.54, 1.807) is 0 Å². The molecule has 1 aromatic heterocycles. The van der Waals surface area contributed by atoms with Gasteiger partial charge in [-0.15, -0.1) is 0 Å². The molecule has 0 spiro atoms. The van der Waals surface area contributed by atoms with E-state index >= 15 is 0 Å². The van der Waals surface area contributed by atoms with E-state index in [0.717, 1.165) is 25.9 Å². The highest BCUT2D eigenvalue weighted by Gasteiger charge is 2.18. The molecule has 0 radical (unpaired) electrons. The van der Waals surface area contributed by atoms with Crippen LogP contribution in [-0.4, -0.2) is 37.2 Å². The molecule has 1 unspecified atom stereocenters. The number of nitrogens with one attached hydrogen (secondary N) is 2. The number of rotatable bonds is 6. The number of anilines is 1. The minimum absolute atomic E-state index is 0.0281. The Labute approximate surface area is 124 Å². The first-order valence-electron chi connectivity index (χ1n) is 7.46. The molecular weight excluding hydrogens is 273 g/mol. The topological polar surface area (TPSA) is 63.2 Å². The maximum atomic E-state index is 14.2. The number of carbonyl (C=O) groups is 1. The quantitative estimate of drug-likeness (QED) is 0.844. The van der Waals surface area contributed by atoms with Crippen molar-refractivity contribution in [1.82, 2.24) is 10.3 Å². The van der Waals surface area contributed by atoms with Gasteiger partial charge in [0.2, 0.25) is 0 Å². The molecule has 0 aliphatic carbocycles. The highest BCUT2D eigenvalue weighted by atomic mass is 19.1. The lowest BCUT2D eigenvalue weighted by molar-refractivity contribution is 0.0536. The van der Waals surface area contributed by atoms with Crippen LogP contribution in [-0.2, 0) is 4.74 Å². The molecule has 0 saturated carbocycles. The van der Waals surface area contributed by atoms with Crippen molar-refractivity contribution in [3.05, 3.63) is 23.6 Å². The minimum Gasteiger partial charge on any atom is -0.381 e. The van der Waals surface area contributed by atoms with Gasteiger partial charge in [0, 0.05) is 25.9 Å². The van der Waals surface area contributed by atoms with E-state index in [1.165, 1.54) is 12.3 Å². The summed E-state index contributed by atoms with van der Waals surface area (Å²) in [5.41, 5.74) is 0.0281. The Bertz CT molecular complexity index is 476. The van der Waals surface area contributed by atoms with E-state index in [0.29, 0.717) is 25.6 Å². The fourth-order valence-corrected chi connectivity index (χ4v) is 2.29. The van der Waals surface area contributed by atoms with Crippen LogP contribution in [0.3, 0.4) is 0 Å². The van der Waals surface area contributed by atoms with Crippen LogP contribution in [0.15, 0.2) is 12.3 Å². The fraction of sp³-hybridized carbons (Fsp3) is 0.600. The predicted octanol–water partition coefficient (Wildman–Crippen LogP) is 2.20. The number of hydrogen-bond donors (Lipinski definition) is 2. The number of aromatic nitrogens is 1. The van der Waals surface area contributed by atoms with Crippen LogP contribution in [0.4, 0.5) is 10.2 Å². The fourth-order valence-electron chi connectivity index (χ4n) is 2.29. The number of halogens is 1. The van der Waals surface area contributed by atoms with Crippen molar-refractivity contribution in [3.63, 3.8) is 0 Å². The molecule has 1 saturated heterocycles. The van der Waals surface area contributed by atoms with E-state index in [-0.39, 0.29) is 11.4 Å². The third kappa shape index (κ3) is 4.39. The van der Waals surface area contributed by atoms with Crippen molar-refractivity contribution < 1.29 is 13.9 Å². The summed E-state index contributed by atoms with van der Waals surface area (Å²) in [6, 6.07) is 1.40. The molecule has 2 heterocycles. The Morgan fingerprint density at radius 2 is 2.43 bits per heavy atom. The van der Waals surface area contributed by atoms with Gasteiger partial charge < -0.3 is 15.4 Å². The number of nitrogens with zero attached hydrogens (tertiary/aromatic N) is 1. The molecule has 1 aliphatic rings. The SMILES string of the molecule is CCCNc1nccc(C(=O)NCC2CCCOC2)c1F. The first-order chi connectivity index (χ1) is 10.2. The summed E-state index contributed by atoms with van der Waals surface area (Å²) >= 11 is 0. The summed E-state index contributed by atoms with van der Waals surface area (Å²) in [6.45, 7) is 4.55. The van der Waals surface area contributed by atoms with Gasteiger partial charge in [-0.3, -0.25) is 4.79 Å². The summed E-state index contributed by atoms with van der Waals surface area (Å²) in [5.74, 6) is -0.556. The van der Waals surface area contributed by atoms with Crippen LogP contribution in [0.2, 0.25) is 0 Å². The maximum Gasteiger partial charge on any atom is 0.254 e. The molecule has 1 amide bonds. The largest absolute Gasteiger partial charge is 0.381 e. The lowest BCUT2D eigenvalue weighted by Crippen LogP contribution is -2.33. The van der Waals surface area contributed by atoms with Crippen molar-refractivity contribution >= 4 is 11.7 Å². The van der Waals surface area contributed by atoms with Crippen molar-refractivity contribution in [1.29, 1.82) is 0 Å². The molecule has 2 N–H and O–H groups in total. The van der Waals surface area contributed by atoms with E-state index in [4.69, 9.17) is 4.74 Å². The zero-order valence-electron chi connectivity index (χ0n) is 12.3. The minimum atomic E-state index is -0.594. The third-order valence-corrected chi connectivity index (χ3v) is 3.48. The normalized spacial score (nSPS) is 18.3. The average molecular weight is 295 g/mol. The standard InChI is InChI=1S/C15H22FN3O2/c1-2-6-17-14-13(16)12(5-7-18-14)15(20)19-9-11-4-3-8-21-10-11/h5,7,11H,2-4,6,8-10H2,1H3,(H,17,18)(H,19,20). The molecule has 6 heteroatoms. The van der Waals surface area contributed by atoms with E-state index < -0.39 is 11.7 Å². The second-order valence-electron chi connectivity index (χ2n) is 5.24. The monoisotopic (exact) mass is 295 g/mol. The molecule has 0 aromatic carbocycles. The summed E-state index contributed by atoms with van der Waals surface area (Å²) in [4.78, 5) is 16.0. The number of ether oxygens (including phenoxy) is 1. The van der Waals surface area contributed by atoms with E-state index in [9.17, 15) is 9.18 Å². The lowest BCUT2D eigenvalue weighted by Gasteiger charge is -2.22. The van der Waals surface area contributed by atoms with Gasteiger partial charge in [-0.1, -0.05) is 6.92 Å². The molecule has 5 nitrogen and oxygen atoms in total. The first kappa shape index (κ1) is 15.7. The Morgan fingerprint density at radius 1 is 1.57 bits per heavy atom. The van der Waals surface area contributed by atoms with Crippen LogP contribution in [0, 0.1) is 11.7 Å². The zero-order valence-corrected chi connectivity index (χ0v) is 12.3. The van der Waals surface area contributed by atoms with Gasteiger partial charge in [0.25, 0.3) is 5.91 Å². The van der Waals surface area contributed by atoms with Crippen LogP contribution in [0.5, 0.6) is 0 Å². The van der Waals surface area contributed by atoms with Gasteiger partial charge in [-0.2, -0.15) is 0 Å². The molecular formula is C15H22FN3O2. The molecule has 21 heavy (non-hydrogen) atoms. The van der Waals surface area contributed by atoms with Crippen molar-refractivity contribution in [3.8, 4) is 0 Å². The van der Waals surface area contributed by atoms with Gasteiger partial charge in [0.1, 0.15) is 0 Å². The highest BCUT2D eigenvalue weighted by molar-refractivity contribution is 5.95. The second kappa shape index (κ2) is 7.93. The van der Waals surface area contributed by atoms with Gasteiger partial charge in [0.05, 0.1) is 12.2 Å². The predicted molar refractivity (Wildman–Crippen MR) is 78.9 cm³/mol. The Kier molecular flexibility index (Phi) is 5.92. The van der Waals surface area contributed by atoms with E-state index in [1.807, 2.05) is 6.92 Å². The summed E-state index contributed by atoms with van der Waals surface area (Å²) < 4.78 is 19.6. The molecule has 0 bridgehead atoms. The Balaban J connectivity index is 1.94. The number of carbonyl (C=O) groups excluding carboxylic acids is 1. The first-order valence-corrected chi connectivity index (χ1v) is 7.46. The third-order valence-electron chi connectivity index (χ3n) is 3.48. The molecule has 2 rings (SSSR count). The van der Waals surface area contributed by atoms with E-state index in [2.05, 4.69) is 15.6 Å². The smallest absolute Gasteiger partial charge is 0.254 e. The molecule has 1 atom stereocenters. The molecule has 1 aliphatic heterocycles.